The molecule has 1 fully saturated rings. The number of rotatable bonds is 5. The number of Topliss-reactive ketones (excluding diaryl/α,β-unsaturated/α-hetero) is 1. The van der Waals surface area contributed by atoms with Crippen molar-refractivity contribution in [2.45, 2.75) is 19.4 Å². The van der Waals surface area contributed by atoms with E-state index in [0.717, 1.165) is 25.7 Å². The van der Waals surface area contributed by atoms with E-state index in [2.05, 4.69) is 9.88 Å². The minimum absolute atomic E-state index is 0.0409. The molecule has 4 nitrogen and oxygen atoms in total. The second-order valence-corrected chi connectivity index (χ2v) is 5.03. The zero-order valence-electron chi connectivity index (χ0n) is 11.3. The number of nitrogens with zero attached hydrogens (tertiary/aromatic N) is 2. The Hall–Kier alpha value is -1.33. The van der Waals surface area contributed by atoms with Crippen molar-refractivity contribution < 1.29 is 13.9 Å². The van der Waals surface area contributed by atoms with Crippen LogP contribution in [0.5, 0.6) is 0 Å². The number of likely N-dealkylation sites (tertiary alicyclic amines) is 1. The zero-order valence-corrected chi connectivity index (χ0v) is 11.3. The largest absolute Gasteiger partial charge is 0.380 e. The van der Waals surface area contributed by atoms with Crippen molar-refractivity contribution in [3.8, 4) is 0 Å². The van der Waals surface area contributed by atoms with Crippen molar-refractivity contribution in [3.05, 3.63) is 29.8 Å². The normalized spacial score (nSPS) is 21.5. The number of ketones is 1. The molecule has 19 heavy (non-hydrogen) atoms. The SMILES string of the molecule is COC1CCN(CC(C)C(=O)c2ccc(F)cn2)C1. The molecule has 0 radical (unpaired) electrons. The number of carbonyl (C=O) groups is 1. The molecule has 0 bridgehead atoms. The van der Waals surface area contributed by atoms with E-state index < -0.39 is 5.82 Å². The predicted octanol–water partition coefficient (Wildman–Crippen LogP) is 1.76. The highest BCUT2D eigenvalue weighted by molar-refractivity contribution is 5.95. The number of hydrogen-bond acceptors (Lipinski definition) is 4. The predicted molar refractivity (Wildman–Crippen MR) is 69.5 cm³/mol. The second kappa shape index (κ2) is 6.21. The first-order valence-electron chi connectivity index (χ1n) is 6.51. The van der Waals surface area contributed by atoms with E-state index in [0.29, 0.717) is 12.2 Å². The van der Waals surface area contributed by atoms with E-state index >= 15 is 0 Å². The molecule has 0 aromatic carbocycles. The van der Waals surface area contributed by atoms with Gasteiger partial charge >= 0.3 is 0 Å². The van der Waals surface area contributed by atoms with Gasteiger partial charge in [0.05, 0.1) is 12.3 Å². The zero-order chi connectivity index (χ0) is 13.8. The van der Waals surface area contributed by atoms with Crippen LogP contribution in [-0.2, 0) is 4.74 Å². The van der Waals surface area contributed by atoms with Crippen LogP contribution >= 0.6 is 0 Å². The average Bonchev–Trinajstić information content (AvgIpc) is 2.86. The number of hydrogen-bond donors (Lipinski definition) is 0. The maximum absolute atomic E-state index is 12.8. The van der Waals surface area contributed by atoms with Gasteiger partial charge in [0.1, 0.15) is 11.5 Å². The lowest BCUT2D eigenvalue weighted by Gasteiger charge is -2.19. The summed E-state index contributed by atoms with van der Waals surface area (Å²) in [5.41, 5.74) is 0.330. The van der Waals surface area contributed by atoms with Gasteiger partial charge in [0.2, 0.25) is 0 Å². The molecule has 2 atom stereocenters. The monoisotopic (exact) mass is 266 g/mol. The van der Waals surface area contributed by atoms with Crippen LogP contribution in [0.2, 0.25) is 0 Å². The van der Waals surface area contributed by atoms with Crippen LogP contribution in [0.15, 0.2) is 18.3 Å². The molecule has 2 unspecified atom stereocenters. The highest BCUT2D eigenvalue weighted by atomic mass is 19.1. The molecule has 1 aliphatic rings. The van der Waals surface area contributed by atoms with Gasteiger partial charge in [-0.2, -0.15) is 0 Å². The Morgan fingerprint density at radius 2 is 2.42 bits per heavy atom. The topological polar surface area (TPSA) is 42.4 Å². The molecule has 0 aliphatic carbocycles. The summed E-state index contributed by atoms with van der Waals surface area (Å²) in [6.07, 6.45) is 2.36. The molecule has 5 heteroatoms. The summed E-state index contributed by atoms with van der Waals surface area (Å²) >= 11 is 0. The lowest BCUT2D eigenvalue weighted by atomic mass is 10.0. The van der Waals surface area contributed by atoms with Crippen LogP contribution in [0.25, 0.3) is 0 Å². The molecule has 2 heterocycles. The third-order valence-corrected chi connectivity index (χ3v) is 3.52. The number of methoxy groups -OCH3 is 1. The Morgan fingerprint density at radius 1 is 1.63 bits per heavy atom. The Kier molecular flexibility index (Phi) is 4.61. The fourth-order valence-electron chi connectivity index (χ4n) is 2.40. The standard InChI is InChI=1S/C14H19FN2O2/c1-10(8-17-6-5-12(9-17)19-2)14(18)13-4-3-11(15)7-16-13/h3-4,7,10,12H,5-6,8-9H2,1-2H3. The van der Waals surface area contributed by atoms with Crippen LogP contribution in [0.3, 0.4) is 0 Å². The molecule has 0 amide bonds. The van der Waals surface area contributed by atoms with Gasteiger partial charge in [0.25, 0.3) is 0 Å². The third-order valence-electron chi connectivity index (χ3n) is 3.52. The Bertz CT molecular complexity index is 436. The van der Waals surface area contributed by atoms with Crippen LogP contribution < -0.4 is 0 Å². The van der Waals surface area contributed by atoms with Crippen molar-refractivity contribution in [2.75, 3.05) is 26.7 Å². The Morgan fingerprint density at radius 3 is 3.00 bits per heavy atom. The number of pyridine rings is 1. The van der Waals surface area contributed by atoms with Gasteiger partial charge in [-0.25, -0.2) is 4.39 Å². The molecule has 2 rings (SSSR count). The van der Waals surface area contributed by atoms with E-state index in [9.17, 15) is 9.18 Å². The molecule has 0 spiro atoms. The molecule has 1 aromatic heterocycles. The maximum Gasteiger partial charge on any atom is 0.185 e. The minimum atomic E-state index is -0.424. The van der Waals surface area contributed by atoms with Gasteiger partial charge in [-0.3, -0.25) is 14.7 Å². The maximum atomic E-state index is 12.8. The smallest absolute Gasteiger partial charge is 0.185 e. The van der Waals surface area contributed by atoms with Crippen molar-refractivity contribution in [3.63, 3.8) is 0 Å². The molecule has 104 valence electrons. The summed E-state index contributed by atoms with van der Waals surface area (Å²) in [5.74, 6) is -0.610. The number of carbonyl (C=O) groups excluding carboxylic acids is 1. The molecule has 1 saturated heterocycles. The molecule has 1 aliphatic heterocycles. The Labute approximate surface area is 112 Å². The van der Waals surface area contributed by atoms with Gasteiger partial charge in [0.15, 0.2) is 5.78 Å². The number of aromatic nitrogens is 1. The number of ether oxygens (including phenoxy) is 1. The third kappa shape index (κ3) is 3.58. The van der Waals surface area contributed by atoms with Gasteiger partial charge in [-0.05, 0) is 18.6 Å². The minimum Gasteiger partial charge on any atom is -0.380 e. The van der Waals surface area contributed by atoms with Crippen molar-refractivity contribution in [2.24, 2.45) is 5.92 Å². The summed E-state index contributed by atoms with van der Waals surface area (Å²) < 4.78 is 18.1. The second-order valence-electron chi connectivity index (χ2n) is 5.03. The molecular weight excluding hydrogens is 247 g/mol. The first-order chi connectivity index (χ1) is 9.10. The van der Waals surface area contributed by atoms with Gasteiger partial charge < -0.3 is 4.74 Å². The fourth-order valence-corrected chi connectivity index (χ4v) is 2.40. The molecule has 1 aromatic rings. The van der Waals surface area contributed by atoms with E-state index in [-0.39, 0.29) is 17.8 Å². The van der Waals surface area contributed by atoms with Crippen molar-refractivity contribution in [1.29, 1.82) is 0 Å². The Balaban J connectivity index is 1.91. The summed E-state index contributed by atoms with van der Waals surface area (Å²) in [6, 6.07) is 2.71. The number of halogens is 1. The lowest BCUT2D eigenvalue weighted by Crippen LogP contribution is -2.31. The van der Waals surface area contributed by atoms with Crippen LogP contribution in [0.1, 0.15) is 23.8 Å². The fraction of sp³-hybridized carbons (Fsp3) is 0.571. The average molecular weight is 266 g/mol. The van der Waals surface area contributed by atoms with E-state index in [4.69, 9.17) is 4.74 Å². The first kappa shape index (κ1) is 14.1. The van der Waals surface area contributed by atoms with Crippen LogP contribution in [0, 0.1) is 11.7 Å². The molecule has 0 saturated carbocycles. The van der Waals surface area contributed by atoms with Gasteiger partial charge in [0, 0.05) is 32.7 Å². The highest BCUT2D eigenvalue weighted by Gasteiger charge is 2.26. The molecule has 0 N–H and O–H groups in total. The van der Waals surface area contributed by atoms with Gasteiger partial charge in [-0.15, -0.1) is 0 Å². The highest BCUT2D eigenvalue weighted by Crippen LogP contribution is 2.15. The van der Waals surface area contributed by atoms with Crippen molar-refractivity contribution >= 4 is 5.78 Å². The molecular formula is C14H19FN2O2. The van der Waals surface area contributed by atoms with Crippen LogP contribution in [0.4, 0.5) is 4.39 Å². The van der Waals surface area contributed by atoms with E-state index in [1.165, 1.54) is 12.1 Å². The summed E-state index contributed by atoms with van der Waals surface area (Å²) in [6.45, 7) is 4.39. The lowest BCUT2D eigenvalue weighted by molar-refractivity contribution is 0.0866. The van der Waals surface area contributed by atoms with E-state index in [1.54, 1.807) is 7.11 Å². The first-order valence-corrected chi connectivity index (χ1v) is 6.51. The quantitative estimate of drug-likeness (QED) is 0.762. The van der Waals surface area contributed by atoms with Crippen LogP contribution in [-0.4, -0.2) is 48.5 Å². The summed E-state index contributed by atoms with van der Waals surface area (Å²) in [4.78, 5) is 18.2. The van der Waals surface area contributed by atoms with Gasteiger partial charge in [-0.1, -0.05) is 6.92 Å². The van der Waals surface area contributed by atoms with Crippen molar-refractivity contribution in [1.82, 2.24) is 9.88 Å². The summed E-state index contributed by atoms with van der Waals surface area (Å²) in [5, 5.41) is 0. The summed E-state index contributed by atoms with van der Waals surface area (Å²) in [7, 11) is 1.71. The van der Waals surface area contributed by atoms with E-state index in [1.807, 2.05) is 6.92 Å².